The van der Waals surface area contributed by atoms with Gasteiger partial charge in [0.05, 0.1) is 22.9 Å². The van der Waals surface area contributed by atoms with Crippen LogP contribution < -0.4 is 4.72 Å². The summed E-state index contributed by atoms with van der Waals surface area (Å²) < 4.78 is 28.4. The number of benzene rings is 3. The summed E-state index contributed by atoms with van der Waals surface area (Å²) in [6.07, 6.45) is 1.47. The van der Waals surface area contributed by atoms with Crippen molar-refractivity contribution in [3.63, 3.8) is 0 Å². The Hall–Kier alpha value is -2.94. The lowest BCUT2D eigenvalue weighted by molar-refractivity contribution is 0.528. The van der Waals surface area contributed by atoms with Crippen LogP contribution in [-0.4, -0.2) is 8.42 Å². The molecule has 0 amide bonds. The molecule has 136 valence electrons. The van der Waals surface area contributed by atoms with E-state index in [-0.39, 0.29) is 4.90 Å². The molecule has 0 saturated heterocycles. The molecule has 0 saturated carbocycles. The Kier molecular flexibility index (Phi) is 5.41. The van der Waals surface area contributed by atoms with Crippen molar-refractivity contribution in [3.05, 3.63) is 90.5 Å². The Morgan fingerprint density at radius 2 is 1.70 bits per heavy atom. The SMILES string of the molecule is C=CC(C#N)C(NS(=O)(=O)c1ccc(C)cc1)c1ccc2ccccc2c1. The molecule has 0 aromatic heterocycles. The second-order valence-electron chi connectivity index (χ2n) is 6.41. The molecule has 1 N–H and O–H groups in total. The average Bonchev–Trinajstić information content (AvgIpc) is 2.68. The first-order valence-corrected chi connectivity index (χ1v) is 10.0. The van der Waals surface area contributed by atoms with Crippen molar-refractivity contribution in [1.82, 2.24) is 4.72 Å². The molecule has 4 nitrogen and oxygen atoms in total. The minimum atomic E-state index is -3.79. The largest absolute Gasteiger partial charge is 0.241 e. The summed E-state index contributed by atoms with van der Waals surface area (Å²) in [5.41, 5.74) is 1.69. The lowest BCUT2D eigenvalue weighted by Crippen LogP contribution is -2.32. The molecule has 0 heterocycles. The molecular formula is C22H20N2O2S. The van der Waals surface area contributed by atoms with Gasteiger partial charge < -0.3 is 0 Å². The maximum Gasteiger partial charge on any atom is 0.241 e. The van der Waals surface area contributed by atoms with Crippen molar-refractivity contribution in [2.24, 2.45) is 5.92 Å². The Labute approximate surface area is 159 Å². The van der Waals surface area contributed by atoms with Crippen LogP contribution in [-0.2, 0) is 10.0 Å². The van der Waals surface area contributed by atoms with E-state index in [0.717, 1.165) is 21.9 Å². The zero-order valence-corrected chi connectivity index (χ0v) is 15.8. The maximum atomic E-state index is 12.9. The third-order valence-electron chi connectivity index (χ3n) is 4.51. The van der Waals surface area contributed by atoms with E-state index in [1.807, 2.05) is 49.4 Å². The molecule has 0 spiro atoms. The van der Waals surface area contributed by atoms with Gasteiger partial charge in [0.1, 0.15) is 0 Å². The molecule has 5 heteroatoms. The molecule has 27 heavy (non-hydrogen) atoms. The van der Waals surface area contributed by atoms with Crippen LogP contribution >= 0.6 is 0 Å². The fourth-order valence-electron chi connectivity index (χ4n) is 2.97. The molecule has 3 rings (SSSR count). The first-order valence-electron chi connectivity index (χ1n) is 8.54. The fraction of sp³-hybridized carbons (Fsp3) is 0.136. The maximum absolute atomic E-state index is 12.9. The summed E-state index contributed by atoms with van der Waals surface area (Å²) in [6, 6.07) is 21.5. The summed E-state index contributed by atoms with van der Waals surface area (Å²) >= 11 is 0. The Bertz CT molecular complexity index is 1110. The molecule has 0 bridgehead atoms. The van der Waals surface area contributed by atoms with Gasteiger partial charge in [0.15, 0.2) is 0 Å². The molecule has 3 aromatic rings. The van der Waals surface area contributed by atoms with Crippen molar-refractivity contribution in [1.29, 1.82) is 5.26 Å². The lowest BCUT2D eigenvalue weighted by Gasteiger charge is -2.22. The number of fused-ring (bicyclic) bond motifs is 1. The number of rotatable bonds is 6. The van der Waals surface area contributed by atoms with Crippen LogP contribution in [0.15, 0.2) is 84.3 Å². The third-order valence-corrected chi connectivity index (χ3v) is 5.97. The highest BCUT2D eigenvalue weighted by Gasteiger charge is 2.27. The Morgan fingerprint density at radius 1 is 1.04 bits per heavy atom. The molecule has 3 aromatic carbocycles. The summed E-state index contributed by atoms with van der Waals surface area (Å²) in [6.45, 7) is 5.59. The highest BCUT2D eigenvalue weighted by atomic mass is 32.2. The predicted octanol–water partition coefficient (Wildman–Crippen LogP) is 4.49. The number of hydrogen-bond acceptors (Lipinski definition) is 3. The van der Waals surface area contributed by atoms with Gasteiger partial charge in [-0.2, -0.15) is 5.26 Å². The highest BCUT2D eigenvalue weighted by Crippen LogP contribution is 2.28. The van der Waals surface area contributed by atoms with E-state index in [1.54, 1.807) is 24.3 Å². The normalized spacial score (nSPS) is 13.6. The number of sulfonamides is 1. The van der Waals surface area contributed by atoms with Crippen LogP contribution in [0.2, 0.25) is 0 Å². The zero-order chi connectivity index (χ0) is 19.4. The Morgan fingerprint density at radius 3 is 2.33 bits per heavy atom. The third kappa shape index (κ3) is 4.08. The summed E-state index contributed by atoms with van der Waals surface area (Å²) in [5.74, 6) is -0.702. The van der Waals surface area contributed by atoms with Gasteiger partial charge in [0.25, 0.3) is 0 Å². The van der Waals surface area contributed by atoms with E-state index in [9.17, 15) is 13.7 Å². The van der Waals surface area contributed by atoms with Crippen molar-refractivity contribution in [2.75, 3.05) is 0 Å². The monoisotopic (exact) mass is 376 g/mol. The van der Waals surface area contributed by atoms with Gasteiger partial charge in [0.2, 0.25) is 10.0 Å². The van der Waals surface area contributed by atoms with Crippen LogP contribution in [0, 0.1) is 24.2 Å². The van der Waals surface area contributed by atoms with Crippen LogP contribution in [0.25, 0.3) is 10.8 Å². The summed E-state index contributed by atoms with van der Waals surface area (Å²) in [5, 5.41) is 11.6. The van der Waals surface area contributed by atoms with Gasteiger partial charge in [-0.3, -0.25) is 0 Å². The lowest BCUT2D eigenvalue weighted by atomic mass is 9.93. The summed E-state index contributed by atoms with van der Waals surface area (Å²) in [7, 11) is -3.79. The van der Waals surface area contributed by atoms with Crippen molar-refractivity contribution >= 4 is 20.8 Å². The molecule has 2 atom stereocenters. The first-order chi connectivity index (χ1) is 12.9. The highest BCUT2D eigenvalue weighted by molar-refractivity contribution is 7.89. The number of nitrogens with one attached hydrogen (secondary N) is 1. The van der Waals surface area contributed by atoms with Crippen molar-refractivity contribution in [3.8, 4) is 6.07 Å². The van der Waals surface area contributed by atoms with Crippen LogP contribution in [0.4, 0.5) is 0 Å². The molecule has 0 fully saturated rings. The van der Waals surface area contributed by atoms with Gasteiger partial charge >= 0.3 is 0 Å². The van der Waals surface area contributed by atoms with E-state index < -0.39 is 22.0 Å². The van der Waals surface area contributed by atoms with E-state index in [1.165, 1.54) is 6.08 Å². The minimum absolute atomic E-state index is 0.166. The number of nitriles is 1. The average molecular weight is 376 g/mol. The topological polar surface area (TPSA) is 70.0 Å². The molecule has 0 radical (unpaired) electrons. The van der Waals surface area contributed by atoms with Gasteiger partial charge in [-0.05, 0) is 41.5 Å². The second kappa shape index (κ2) is 7.75. The van der Waals surface area contributed by atoms with E-state index in [2.05, 4.69) is 17.4 Å². The van der Waals surface area contributed by atoms with Crippen LogP contribution in [0.1, 0.15) is 17.2 Å². The number of aryl methyl sites for hydroxylation is 1. The number of hydrogen-bond donors (Lipinski definition) is 1. The van der Waals surface area contributed by atoms with Crippen molar-refractivity contribution < 1.29 is 8.42 Å². The smallest absolute Gasteiger partial charge is 0.207 e. The number of nitrogens with zero attached hydrogens (tertiary/aromatic N) is 1. The van der Waals surface area contributed by atoms with Crippen LogP contribution in [0.5, 0.6) is 0 Å². The fourth-order valence-corrected chi connectivity index (χ4v) is 4.21. The van der Waals surface area contributed by atoms with Gasteiger partial charge in [-0.15, -0.1) is 6.58 Å². The quantitative estimate of drug-likeness (QED) is 0.644. The minimum Gasteiger partial charge on any atom is -0.207 e. The van der Waals surface area contributed by atoms with E-state index in [4.69, 9.17) is 0 Å². The van der Waals surface area contributed by atoms with E-state index >= 15 is 0 Å². The van der Waals surface area contributed by atoms with Crippen LogP contribution in [0.3, 0.4) is 0 Å². The Balaban J connectivity index is 2.04. The standard InChI is InChI=1S/C22H20N2O2S/c1-3-17(15-23)22(20-11-10-18-6-4-5-7-19(18)14-20)24-27(25,26)21-12-8-16(2)9-13-21/h3-14,17,22,24H,1H2,2H3. The second-order valence-corrected chi connectivity index (χ2v) is 8.12. The van der Waals surface area contributed by atoms with Crippen molar-refractivity contribution in [2.45, 2.75) is 17.9 Å². The molecule has 0 aliphatic rings. The zero-order valence-electron chi connectivity index (χ0n) is 15.0. The molecular weight excluding hydrogens is 356 g/mol. The molecule has 0 aliphatic carbocycles. The predicted molar refractivity (Wildman–Crippen MR) is 107 cm³/mol. The molecule has 0 aliphatic heterocycles. The van der Waals surface area contributed by atoms with Gasteiger partial charge in [0, 0.05) is 0 Å². The molecule has 2 unspecified atom stereocenters. The summed E-state index contributed by atoms with van der Waals surface area (Å²) in [4.78, 5) is 0.166. The first kappa shape index (κ1) is 18.8. The van der Waals surface area contributed by atoms with E-state index in [0.29, 0.717) is 0 Å². The van der Waals surface area contributed by atoms with Gasteiger partial charge in [-0.1, -0.05) is 60.2 Å². The van der Waals surface area contributed by atoms with Gasteiger partial charge in [-0.25, -0.2) is 13.1 Å².